The Balaban J connectivity index is 1.72. The number of para-hydroxylation sites is 1. The van der Waals surface area contributed by atoms with Gasteiger partial charge >= 0.3 is 0 Å². The molecule has 22 heavy (non-hydrogen) atoms. The Bertz CT molecular complexity index is 671. The van der Waals surface area contributed by atoms with Gasteiger partial charge in [-0.2, -0.15) is 5.10 Å². The molecular formula is C15H14ClN3O2S. The first-order valence-corrected chi connectivity index (χ1v) is 7.80. The zero-order valence-corrected chi connectivity index (χ0v) is 13.2. The van der Waals surface area contributed by atoms with Crippen LogP contribution in [0.5, 0.6) is 0 Å². The van der Waals surface area contributed by atoms with E-state index >= 15 is 0 Å². The lowest BCUT2D eigenvalue weighted by atomic mass is 10.2. The van der Waals surface area contributed by atoms with E-state index in [2.05, 4.69) is 15.8 Å². The van der Waals surface area contributed by atoms with Gasteiger partial charge in [0.25, 0.3) is 0 Å². The van der Waals surface area contributed by atoms with Gasteiger partial charge in [-0.25, -0.2) is 5.43 Å². The normalized spacial score (nSPS) is 10.6. The summed E-state index contributed by atoms with van der Waals surface area (Å²) in [4.78, 5) is 24.3. The minimum atomic E-state index is -0.317. The Morgan fingerprint density at radius 1 is 1.14 bits per heavy atom. The van der Waals surface area contributed by atoms with Crippen LogP contribution in [0.1, 0.15) is 17.7 Å². The summed E-state index contributed by atoms with van der Waals surface area (Å²) in [5, 5.41) is 8.86. The van der Waals surface area contributed by atoms with Crippen molar-refractivity contribution in [2.75, 3.05) is 5.32 Å². The van der Waals surface area contributed by atoms with E-state index in [4.69, 9.17) is 11.6 Å². The maximum absolute atomic E-state index is 11.7. The number of rotatable bonds is 6. The zero-order valence-electron chi connectivity index (χ0n) is 11.6. The Kier molecular flexibility index (Phi) is 6.12. The number of hydrazone groups is 1. The molecule has 0 aliphatic carbocycles. The Morgan fingerprint density at radius 3 is 2.64 bits per heavy atom. The lowest BCUT2D eigenvalue weighted by Gasteiger charge is -2.06. The number of carbonyl (C=O) groups excluding carboxylic acids is 2. The van der Waals surface area contributed by atoms with Crippen LogP contribution in [-0.4, -0.2) is 18.0 Å². The van der Waals surface area contributed by atoms with Gasteiger partial charge in [-0.1, -0.05) is 29.8 Å². The second-order valence-corrected chi connectivity index (χ2v) is 5.72. The fraction of sp³-hybridized carbons (Fsp3) is 0.133. The fourth-order valence-corrected chi connectivity index (χ4v) is 2.36. The number of carbonyl (C=O) groups is 2. The number of benzene rings is 1. The number of halogens is 1. The number of nitrogens with zero attached hydrogens (tertiary/aromatic N) is 1. The van der Waals surface area contributed by atoms with E-state index in [1.165, 1.54) is 11.3 Å². The largest absolute Gasteiger partial charge is 0.325 e. The topological polar surface area (TPSA) is 70.6 Å². The lowest BCUT2D eigenvalue weighted by molar-refractivity contribution is -0.124. The number of hydrogen-bond donors (Lipinski definition) is 2. The number of thiophene rings is 1. The molecule has 0 saturated heterocycles. The lowest BCUT2D eigenvalue weighted by Crippen LogP contribution is -2.20. The molecule has 0 aliphatic rings. The standard InChI is InChI=1S/C15H14ClN3O2S/c16-12-5-1-2-6-13(12)18-14(20)7-8-15(21)19-17-10-11-4-3-9-22-11/h1-6,9-10H,7-8H2,(H,18,20)(H,19,21)/b17-10+. The summed E-state index contributed by atoms with van der Waals surface area (Å²) in [5.41, 5.74) is 2.92. The number of nitrogens with one attached hydrogen (secondary N) is 2. The first kappa shape index (κ1) is 16.2. The fourth-order valence-electron chi connectivity index (χ4n) is 1.59. The van der Waals surface area contributed by atoms with Gasteiger partial charge in [0.15, 0.2) is 0 Å². The highest BCUT2D eigenvalue weighted by Gasteiger charge is 2.08. The van der Waals surface area contributed by atoms with Crippen molar-refractivity contribution in [1.82, 2.24) is 5.43 Å². The van der Waals surface area contributed by atoms with Crippen LogP contribution in [0.2, 0.25) is 5.02 Å². The van der Waals surface area contributed by atoms with E-state index < -0.39 is 0 Å². The average Bonchev–Trinajstić information content (AvgIpc) is 3.01. The van der Waals surface area contributed by atoms with Crippen molar-refractivity contribution in [2.24, 2.45) is 5.10 Å². The second-order valence-electron chi connectivity index (χ2n) is 4.34. The highest BCUT2D eigenvalue weighted by molar-refractivity contribution is 7.11. The van der Waals surface area contributed by atoms with Crippen LogP contribution in [0.4, 0.5) is 5.69 Å². The van der Waals surface area contributed by atoms with Gasteiger partial charge in [0.1, 0.15) is 0 Å². The molecule has 0 radical (unpaired) electrons. The van der Waals surface area contributed by atoms with Gasteiger partial charge in [0.2, 0.25) is 11.8 Å². The molecule has 114 valence electrons. The summed E-state index contributed by atoms with van der Waals surface area (Å²) in [7, 11) is 0. The number of anilines is 1. The monoisotopic (exact) mass is 335 g/mol. The van der Waals surface area contributed by atoms with Crippen LogP contribution >= 0.6 is 22.9 Å². The van der Waals surface area contributed by atoms with Crippen LogP contribution < -0.4 is 10.7 Å². The molecule has 0 aliphatic heterocycles. The summed E-state index contributed by atoms with van der Waals surface area (Å²) in [6.07, 6.45) is 1.68. The zero-order chi connectivity index (χ0) is 15.8. The molecule has 2 rings (SSSR count). The molecule has 0 atom stereocenters. The molecule has 1 aromatic carbocycles. The van der Waals surface area contributed by atoms with Crippen molar-refractivity contribution in [1.29, 1.82) is 0 Å². The van der Waals surface area contributed by atoms with E-state index in [1.54, 1.807) is 30.5 Å². The maximum atomic E-state index is 11.7. The first-order valence-electron chi connectivity index (χ1n) is 6.55. The van der Waals surface area contributed by atoms with Crippen molar-refractivity contribution < 1.29 is 9.59 Å². The van der Waals surface area contributed by atoms with Crippen molar-refractivity contribution in [3.63, 3.8) is 0 Å². The quantitative estimate of drug-likeness (QED) is 0.628. The number of amides is 2. The van der Waals surface area contributed by atoms with Crippen LogP contribution in [0, 0.1) is 0 Å². The highest BCUT2D eigenvalue weighted by Crippen LogP contribution is 2.20. The van der Waals surface area contributed by atoms with Crippen LogP contribution in [0.3, 0.4) is 0 Å². The average molecular weight is 336 g/mol. The third kappa shape index (κ3) is 5.31. The highest BCUT2D eigenvalue weighted by atomic mass is 35.5. The predicted molar refractivity (Wildman–Crippen MR) is 89.4 cm³/mol. The Morgan fingerprint density at radius 2 is 1.91 bits per heavy atom. The van der Waals surface area contributed by atoms with Gasteiger partial charge < -0.3 is 5.32 Å². The molecule has 0 saturated carbocycles. The van der Waals surface area contributed by atoms with Gasteiger partial charge in [-0.05, 0) is 23.6 Å². The minimum Gasteiger partial charge on any atom is -0.325 e. The molecule has 1 aromatic heterocycles. The van der Waals surface area contributed by atoms with E-state index in [0.29, 0.717) is 10.7 Å². The third-order valence-corrected chi connectivity index (χ3v) is 3.79. The molecular weight excluding hydrogens is 322 g/mol. The molecule has 0 unspecified atom stereocenters. The van der Waals surface area contributed by atoms with Crippen molar-refractivity contribution in [3.8, 4) is 0 Å². The van der Waals surface area contributed by atoms with Crippen molar-refractivity contribution >= 4 is 46.7 Å². The van der Waals surface area contributed by atoms with Crippen molar-refractivity contribution in [3.05, 3.63) is 51.7 Å². The molecule has 0 fully saturated rings. The van der Waals surface area contributed by atoms with E-state index in [9.17, 15) is 9.59 Å². The summed E-state index contributed by atoms with van der Waals surface area (Å²) >= 11 is 7.45. The number of hydrogen-bond acceptors (Lipinski definition) is 4. The predicted octanol–water partition coefficient (Wildman–Crippen LogP) is 3.27. The summed E-state index contributed by atoms with van der Waals surface area (Å²) < 4.78 is 0. The van der Waals surface area contributed by atoms with E-state index in [-0.39, 0.29) is 24.7 Å². The summed E-state index contributed by atoms with van der Waals surface area (Å²) in [5.74, 6) is -0.590. The smallest absolute Gasteiger partial charge is 0.240 e. The van der Waals surface area contributed by atoms with Crippen LogP contribution in [-0.2, 0) is 9.59 Å². The summed E-state index contributed by atoms with van der Waals surface area (Å²) in [6.45, 7) is 0. The Hall–Kier alpha value is -2.18. The van der Waals surface area contributed by atoms with Crippen LogP contribution in [0.15, 0.2) is 46.9 Å². The van der Waals surface area contributed by atoms with Gasteiger partial charge in [0.05, 0.1) is 16.9 Å². The maximum Gasteiger partial charge on any atom is 0.240 e. The third-order valence-electron chi connectivity index (χ3n) is 2.65. The van der Waals surface area contributed by atoms with Gasteiger partial charge in [-0.3, -0.25) is 9.59 Å². The molecule has 7 heteroatoms. The Labute approximate surface area is 137 Å². The van der Waals surface area contributed by atoms with E-state index in [0.717, 1.165) is 4.88 Å². The second kappa shape index (κ2) is 8.31. The molecule has 2 N–H and O–H groups in total. The van der Waals surface area contributed by atoms with Crippen molar-refractivity contribution in [2.45, 2.75) is 12.8 Å². The molecule has 2 amide bonds. The first-order chi connectivity index (χ1) is 10.6. The SMILES string of the molecule is O=C(CCC(=O)Nc1ccccc1Cl)N/N=C/c1cccs1. The van der Waals surface area contributed by atoms with Crippen LogP contribution in [0.25, 0.3) is 0 Å². The van der Waals surface area contributed by atoms with E-state index in [1.807, 2.05) is 17.5 Å². The minimum absolute atomic E-state index is 0.0536. The van der Waals surface area contributed by atoms with Gasteiger partial charge in [-0.15, -0.1) is 11.3 Å². The molecule has 0 spiro atoms. The molecule has 5 nitrogen and oxygen atoms in total. The van der Waals surface area contributed by atoms with Gasteiger partial charge in [0, 0.05) is 17.7 Å². The molecule has 2 aromatic rings. The molecule has 1 heterocycles. The molecule has 0 bridgehead atoms. The summed E-state index contributed by atoms with van der Waals surface area (Å²) in [6, 6.07) is 10.7.